The molecule has 0 unspecified atom stereocenters. The lowest BCUT2D eigenvalue weighted by atomic mass is 10.0. The number of hydrogen-bond donors (Lipinski definition) is 3. The van der Waals surface area contributed by atoms with E-state index in [1.54, 1.807) is 6.20 Å². The van der Waals surface area contributed by atoms with Gasteiger partial charge in [-0.05, 0) is 43.5 Å². The minimum absolute atomic E-state index is 0.0126. The Hall–Kier alpha value is -3.52. The number of piperidine rings is 1. The van der Waals surface area contributed by atoms with Crippen molar-refractivity contribution in [1.82, 2.24) is 19.9 Å². The van der Waals surface area contributed by atoms with Crippen LogP contribution in [0.4, 0.5) is 11.5 Å². The Morgan fingerprint density at radius 3 is 2.62 bits per heavy atom. The van der Waals surface area contributed by atoms with Crippen molar-refractivity contribution in [3.63, 3.8) is 0 Å². The van der Waals surface area contributed by atoms with Crippen molar-refractivity contribution >= 4 is 17.4 Å². The number of pyridine rings is 1. The summed E-state index contributed by atoms with van der Waals surface area (Å²) in [6.07, 6.45) is 4.31. The summed E-state index contributed by atoms with van der Waals surface area (Å²) in [5.74, 6) is 1.34. The molecule has 1 aliphatic rings. The highest BCUT2D eigenvalue weighted by atomic mass is 16.2. The van der Waals surface area contributed by atoms with Gasteiger partial charge in [0.05, 0.1) is 6.54 Å². The van der Waals surface area contributed by atoms with E-state index >= 15 is 0 Å². The molecule has 0 aliphatic carbocycles. The number of benzene rings is 1. The quantitative estimate of drug-likeness (QED) is 0.531. The predicted molar refractivity (Wildman–Crippen MR) is 126 cm³/mol. The van der Waals surface area contributed by atoms with Crippen LogP contribution in [0.15, 0.2) is 59.5 Å². The second-order valence-electron chi connectivity index (χ2n) is 7.98. The average Bonchev–Trinajstić information content (AvgIpc) is 2.81. The maximum atomic E-state index is 12.3. The molecule has 3 heterocycles. The molecular weight excluding hydrogens is 404 g/mol. The zero-order valence-electron chi connectivity index (χ0n) is 18.2. The van der Waals surface area contributed by atoms with Gasteiger partial charge in [-0.2, -0.15) is 0 Å². The first-order valence-electron chi connectivity index (χ1n) is 11.0. The zero-order valence-corrected chi connectivity index (χ0v) is 18.2. The van der Waals surface area contributed by atoms with Crippen LogP contribution in [0.3, 0.4) is 0 Å². The maximum Gasteiger partial charge on any atom is 0.251 e. The third-order valence-corrected chi connectivity index (χ3v) is 5.56. The number of likely N-dealkylation sites (tertiary alicyclic amines) is 1. The molecule has 0 spiro atoms. The highest BCUT2D eigenvalue weighted by Crippen LogP contribution is 2.18. The zero-order chi connectivity index (χ0) is 22.3. The number of rotatable bonds is 7. The molecule has 4 rings (SSSR count). The van der Waals surface area contributed by atoms with Crippen molar-refractivity contribution in [2.75, 3.05) is 30.3 Å². The number of aromatic nitrogens is 3. The first kappa shape index (κ1) is 21.7. The predicted octanol–water partition coefficient (Wildman–Crippen LogP) is 2.91. The molecule has 0 radical (unpaired) electrons. The average molecular weight is 433 g/mol. The fourth-order valence-electron chi connectivity index (χ4n) is 3.81. The fraction of sp³-hybridized carbons (Fsp3) is 0.333. The molecular formula is C24H28N6O2. The summed E-state index contributed by atoms with van der Waals surface area (Å²) in [6, 6.07) is 15.2. The number of para-hydroxylation sites is 1. The van der Waals surface area contributed by atoms with Crippen LogP contribution in [-0.2, 0) is 11.2 Å². The molecule has 3 N–H and O–H groups in total. The molecule has 1 aromatic carbocycles. The number of anilines is 2. The molecule has 3 aromatic rings. The summed E-state index contributed by atoms with van der Waals surface area (Å²) in [6.45, 7) is 4.08. The van der Waals surface area contributed by atoms with Gasteiger partial charge in [0.15, 0.2) is 0 Å². The van der Waals surface area contributed by atoms with Gasteiger partial charge in [-0.25, -0.2) is 9.97 Å². The standard InChI is InChI=1S/C24H28N6O2/c1-2-18-14-22(31)29-24(28-18)17-8-9-21(25-15-17)26-20-10-12-30(13-11-20)16-23(32)27-19-6-4-3-5-7-19/h3-9,14-15,20H,2,10-13,16H2,1H3,(H,25,26)(H,27,32)(H,28,29,31). The van der Waals surface area contributed by atoms with Gasteiger partial charge in [0.1, 0.15) is 11.6 Å². The second-order valence-corrected chi connectivity index (χ2v) is 7.98. The molecule has 0 atom stereocenters. The van der Waals surface area contributed by atoms with E-state index in [0.717, 1.165) is 48.7 Å². The highest BCUT2D eigenvalue weighted by molar-refractivity contribution is 5.92. The van der Waals surface area contributed by atoms with E-state index in [2.05, 4.69) is 30.5 Å². The lowest BCUT2D eigenvalue weighted by Gasteiger charge is -2.32. The first-order chi connectivity index (χ1) is 15.6. The van der Waals surface area contributed by atoms with E-state index in [0.29, 0.717) is 24.8 Å². The number of carbonyl (C=O) groups is 1. The Morgan fingerprint density at radius 1 is 1.16 bits per heavy atom. The molecule has 166 valence electrons. The molecule has 1 amide bonds. The number of aromatic amines is 1. The van der Waals surface area contributed by atoms with Crippen LogP contribution in [0.2, 0.25) is 0 Å². The third kappa shape index (κ3) is 5.79. The van der Waals surface area contributed by atoms with Gasteiger partial charge >= 0.3 is 0 Å². The molecule has 32 heavy (non-hydrogen) atoms. The Bertz CT molecular complexity index is 1090. The van der Waals surface area contributed by atoms with Gasteiger partial charge < -0.3 is 15.6 Å². The summed E-state index contributed by atoms with van der Waals surface area (Å²) in [5.41, 5.74) is 2.21. The molecule has 1 fully saturated rings. The van der Waals surface area contributed by atoms with Gasteiger partial charge in [-0.1, -0.05) is 25.1 Å². The van der Waals surface area contributed by atoms with E-state index in [1.165, 1.54) is 6.07 Å². The molecule has 0 saturated carbocycles. The van der Waals surface area contributed by atoms with Crippen LogP contribution in [0.1, 0.15) is 25.5 Å². The monoisotopic (exact) mass is 432 g/mol. The number of carbonyl (C=O) groups excluding carboxylic acids is 1. The van der Waals surface area contributed by atoms with Gasteiger partial charge in [-0.15, -0.1) is 0 Å². The summed E-state index contributed by atoms with van der Waals surface area (Å²) in [7, 11) is 0. The number of amides is 1. The third-order valence-electron chi connectivity index (χ3n) is 5.56. The Balaban J connectivity index is 1.27. The largest absolute Gasteiger partial charge is 0.367 e. The van der Waals surface area contributed by atoms with E-state index in [1.807, 2.05) is 49.4 Å². The highest BCUT2D eigenvalue weighted by Gasteiger charge is 2.21. The van der Waals surface area contributed by atoms with Gasteiger partial charge in [-0.3, -0.25) is 14.5 Å². The Kier molecular flexibility index (Phi) is 6.91. The van der Waals surface area contributed by atoms with Gasteiger partial charge in [0.2, 0.25) is 5.91 Å². The van der Waals surface area contributed by atoms with Crippen LogP contribution >= 0.6 is 0 Å². The molecule has 0 bridgehead atoms. The number of hydrogen-bond acceptors (Lipinski definition) is 6. The topological polar surface area (TPSA) is 103 Å². The van der Waals surface area contributed by atoms with Crippen molar-refractivity contribution in [2.24, 2.45) is 0 Å². The van der Waals surface area contributed by atoms with Crippen LogP contribution in [-0.4, -0.2) is 51.4 Å². The number of H-pyrrole nitrogens is 1. The Morgan fingerprint density at radius 2 is 1.94 bits per heavy atom. The number of nitrogens with zero attached hydrogens (tertiary/aromatic N) is 3. The smallest absolute Gasteiger partial charge is 0.251 e. The summed E-state index contributed by atoms with van der Waals surface area (Å²) in [5, 5.41) is 6.41. The summed E-state index contributed by atoms with van der Waals surface area (Å²) in [4.78, 5) is 38.0. The Labute approximate surface area is 187 Å². The van der Waals surface area contributed by atoms with Crippen LogP contribution < -0.4 is 16.2 Å². The SMILES string of the molecule is CCc1cc(=O)[nH]c(-c2ccc(NC3CCN(CC(=O)Nc4ccccc4)CC3)nc2)n1. The number of aryl methyl sites for hydroxylation is 1. The van der Waals surface area contributed by atoms with Crippen molar-refractivity contribution in [1.29, 1.82) is 0 Å². The van der Waals surface area contributed by atoms with Crippen molar-refractivity contribution in [3.8, 4) is 11.4 Å². The number of nitrogens with one attached hydrogen (secondary N) is 3. The van der Waals surface area contributed by atoms with Crippen molar-refractivity contribution < 1.29 is 4.79 Å². The normalized spacial score (nSPS) is 14.8. The van der Waals surface area contributed by atoms with Crippen LogP contribution in [0, 0.1) is 0 Å². The minimum Gasteiger partial charge on any atom is -0.367 e. The van der Waals surface area contributed by atoms with Gasteiger partial charge in [0.25, 0.3) is 5.56 Å². The minimum atomic E-state index is -0.154. The molecule has 2 aromatic heterocycles. The molecule has 1 aliphatic heterocycles. The van der Waals surface area contributed by atoms with Crippen LogP contribution in [0.25, 0.3) is 11.4 Å². The summed E-state index contributed by atoms with van der Waals surface area (Å²) < 4.78 is 0. The summed E-state index contributed by atoms with van der Waals surface area (Å²) >= 11 is 0. The molecule has 8 heteroatoms. The molecule has 8 nitrogen and oxygen atoms in total. The molecule has 1 saturated heterocycles. The fourth-order valence-corrected chi connectivity index (χ4v) is 3.81. The van der Waals surface area contributed by atoms with E-state index < -0.39 is 0 Å². The van der Waals surface area contributed by atoms with E-state index in [-0.39, 0.29) is 11.5 Å². The van der Waals surface area contributed by atoms with E-state index in [4.69, 9.17) is 0 Å². The van der Waals surface area contributed by atoms with E-state index in [9.17, 15) is 9.59 Å². The van der Waals surface area contributed by atoms with Crippen LogP contribution in [0.5, 0.6) is 0 Å². The lowest BCUT2D eigenvalue weighted by Crippen LogP contribution is -2.42. The van der Waals surface area contributed by atoms with Crippen molar-refractivity contribution in [3.05, 3.63) is 70.8 Å². The second kappa shape index (κ2) is 10.2. The maximum absolute atomic E-state index is 12.3. The lowest BCUT2D eigenvalue weighted by molar-refractivity contribution is -0.117. The van der Waals surface area contributed by atoms with Gasteiger partial charge in [0, 0.05) is 48.3 Å². The first-order valence-corrected chi connectivity index (χ1v) is 11.0. The van der Waals surface area contributed by atoms with Crippen molar-refractivity contribution in [2.45, 2.75) is 32.2 Å².